The smallest absolute Gasteiger partial charge is 0.204 e. The largest absolute Gasteiger partial charge is 0.379 e. The summed E-state index contributed by atoms with van der Waals surface area (Å²) in [6.07, 6.45) is 5.07. The van der Waals surface area contributed by atoms with Crippen molar-refractivity contribution in [2.75, 3.05) is 7.11 Å². The lowest BCUT2D eigenvalue weighted by atomic mass is 9.97. The molecule has 1 aliphatic carbocycles. The Hall–Kier alpha value is -1.49. The van der Waals surface area contributed by atoms with E-state index in [1.807, 2.05) is 24.3 Å². The van der Waals surface area contributed by atoms with Gasteiger partial charge in [-0.3, -0.25) is 4.79 Å². The van der Waals surface area contributed by atoms with E-state index in [1.165, 1.54) is 11.3 Å². The Morgan fingerprint density at radius 1 is 1.39 bits per heavy atom. The third-order valence-electron chi connectivity index (χ3n) is 3.83. The molecule has 0 unspecified atom stereocenters. The topological polar surface area (TPSA) is 26.3 Å². The molecule has 118 valence electrons. The zero-order chi connectivity index (χ0) is 16.6. The van der Waals surface area contributed by atoms with Crippen LogP contribution < -0.4 is 0 Å². The minimum absolute atomic E-state index is 0.0946. The average Bonchev–Trinajstić information content (AvgIpc) is 3.02. The summed E-state index contributed by atoms with van der Waals surface area (Å²) in [6.45, 7) is 6.80. The summed E-state index contributed by atoms with van der Waals surface area (Å²) in [5, 5.41) is 0. The van der Waals surface area contributed by atoms with E-state index in [-0.39, 0.29) is 5.78 Å². The van der Waals surface area contributed by atoms with E-state index in [0.29, 0.717) is 6.61 Å². The number of methoxy groups -OCH3 is 1. The lowest BCUT2D eigenvalue weighted by Crippen LogP contribution is -1.94. The number of benzene rings is 1. The van der Waals surface area contributed by atoms with Crippen LogP contribution in [0.3, 0.4) is 0 Å². The summed E-state index contributed by atoms with van der Waals surface area (Å²) in [5.74, 6) is 0.0946. The first kappa shape index (κ1) is 16.4. The lowest BCUT2D eigenvalue weighted by Gasteiger charge is -2.08. The molecule has 0 saturated carbocycles. The molecule has 0 bridgehead atoms. The molecule has 2 nitrogen and oxygen atoms in total. The molecule has 0 N–H and O–H groups in total. The molecular weight excluding hydrogens is 372 g/mol. The SMILES string of the molecule is C=C(/C=C\CC)c1c(COC)sc2c1-c1ccc(Br)cc1C2=O. The first-order valence-corrected chi connectivity index (χ1v) is 9.04. The van der Waals surface area contributed by atoms with Crippen LogP contribution in [0.2, 0.25) is 0 Å². The van der Waals surface area contributed by atoms with E-state index in [0.717, 1.165) is 48.5 Å². The molecule has 1 aromatic heterocycles. The van der Waals surface area contributed by atoms with Crippen molar-refractivity contribution in [3.8, 4) is 11.1 Å². The van der Waals surface area contributed by atoms with Crippen molar-refractivity contribution >= 4 is 38.6 Å². The first-order chi connectivity index (χ1) is 11.1. The normalized spacial score (nSPS) is 12.7. The zero-order valence-electron chi connectivity index (χ0n) is 13.1. The Bertz CT molecular complexity index is 830. The number of ether oxygens (including phenoxy) is 1. The Balaban J connectivity index is 2.23. The maximum absolute atomic E-state index is 12.7. The molecule has 0 amide bonds. The predicted molar refractivity (Wildman–Crippen MR) is 100 cm³/mol. The van der Waals surface area contributed by atoms with E-state index < -0.39 is 0 Å². The van der Waals surface area contributed by atoms with Crippen LogP contribution >= 0.6 is 27.3 Å². The summed E-state index contributed by atoms with van der Waals surface area (Å²) in [4.78, 5) is 14.6. The molecule has 4 heteroatoms. The maximum Gasteiger partial charge on any atom is 0.204 e. The van der Waals surface area contributed by atoms with Crippen LogP contribution in [0.1, 0.15) is 39.0 Å². The monoisotopic (exact) mass is 388 g/mol. The molecule has 1 aromatic carbocycles. The molecule has 0 fully saturated rings. The second kappa shape index (κ2) is 6.56. The molecule has 0 atom stereocenters. The van der Waals surface area contributed by atoms with Crippen LogP contribution in [0.4, 0.5) is 0 Å². The minimum atomic E-state index is 0.0946. The summed E-state index contributed by atoms with van der Waals surface area (Å²) in [5.41, 5.74) is 4.75. The van der Waals surface area contributed by atoms with E-state index in [9.17, 15) is 4.79 Å². The number of fused-ring (bicyclic) bond motifs is 3. The van der Waals surface area contributed by atoms with Crippen molar-refractivity contribution in [3.63, 3.8) is 0 Å². The fourth-order valence-electron chi connectivity index (χ4n) is 2.86. The van der Waals surface area contributed by atoms with Gasteiger partial charge in [0.25, 0.3) is 0 Å². The molecule has 1 aliphatic rings. The van der Waals surface area contributed by atoms with E-state index in [4.69, 9.17) is 4.74 Å². The molecule has 1 heterocycles. The number of carbonyl (C=O) groups excluding carboxylic acids is 1. The lowest BCUT2D eigenvalue weighted by molar-refractivity contribution is 0.104. The fraction of sp³-hybridized carbons (Fsp3) is 0.211. The zero-order valence-corrected chi connectivity index (χ0v) is 15.5. The van der Waals surface area contributed by atoms with Gasteiger partial charge in [0.15, 0.2) is 0 Å². The Kier molecular flexibility index (Phi) is 4.67. The van der Waals surface area contributed by atoms with Crippen LogP contribution in [0, 0.1) is 0 Å². The Labute approximate surface area is 148 Å². The third-order valence-corrected chi connectivity index (χ3v) is 5.49. The van der Waals surface area contributed by atoms with E-state index in [2.05, 4.69) is 35.5 Å². The van der Waals surface area contributed by atoms with Crippen molar-refractivity contribution in [2.45, 2.75) is 20.0 Å². The standard InChI is InChI=1S/C19H17BrO2S/c1-4-5-6-11(2)16-15(10-22-3)23-19-17(16)13-8-7-12(20)9-14(13)18(19)21/h5-9H,2,4,10H2,1,3H3/b6-5-. The highest BCUT2D eigenvalue weighted by Crippen LogP contribution is 2.48. The number of carbonyl (C=O) groups is 1. The number of allylic oxidation sites excluding steroid dienone is 3. The van der Waals surface area contributed by atoms with Crippen molar-refractivity contribution < 1.29 is 9.53 Å². The third kappa shape index (κ3) is 2.75. The van der Waals surface area contributed by atoms with Gasteiger partial charge in [-0.15, -0.1) is 11.3 Å². The average molecular weight is 389 g/mol. The van der Waals surface area contributed by atoms with E-state index in [1.54, 1.807) is 7.11 Å². The van der Waals surface area contributed by atoms with Crippen LogP contribution in [-0.2, 0) is 11.3 Å². The van der Waals surface area contributed by atoms with Crippen LogP contribution in [0.25, 0.3) is 16.7 Å². The molecule has 0 aliphatic heterocycles. The van der Waals surface area contributed by atoms with Crippen LogP contribution in [-0.4, -0.2) is 12.9 Å². The van der Waals surface area contributed by atoms with Gasteiger partial charge >= 0.3 is 0 Å². The number of hydrogen-bond acceptors (Lipinski definition) is 3. The van der Waals surface area contributed by atoms with Crippen molar-refractivity contribution in [1.82, 2.24) is 0 Å². The minimum Gasteiger partial charge on any atom is -0.379 e. The number of thiophene rings is 1. The highest BCUT2D eigenvalue weighted by atomic mass is 79.9. The highest BCUT2D eigenvalue weighted by molar-refractivity contribution is 9.10. The van der Waals surface area contributed by atoms with Crippen molar-refractivity contribution in [1.29, 1.82) is 0 Å². The maximum atomic E-state index is 12.7. The number of halogens is 1. The van der Waals surface area contributed by atoms with Crippen molar-refractivity contribution in [2.24, 2.45) is 0 Å². The molecule has 0 saturated heterocycles. The summed E-state index contributed by atoms with van der Waals surface area (Å²) in [6, 6.07) is 5.88. The van der Waals surface area contributed by atoms with E-state index >= 15 is 0 Å². The number of ketones is 1. The van der Waals surface area contributed by atoms with Crippen molar-refractivity contribution in [3.05, 3.63) is 62.3 Å². The second-order valence-electron chi connectivity index (χ2n) is 5.39. The first-order valence-electron chi connectivity index (χ1n) is 7.43. The summed E-state index contributed by atoms with van der Waals surface area (Å²) < 4.78 is 6.25. The van der Waals surface area contributed by atoms with Gasteiger partial charge in [-0.2, -0.15) is 0 Å². The molecule has 23 heavy (non-hydrogen) atoms. The number of hydrogen-bond donors (Lipinski definition) is 0. The fourth-order valence-corrected chi connectivity index (χ4v) is 4.49. The predicted octanol–water partition coefficient (Wildman–Crippen LogP) is 5.85. The highest BCUT2D eigenvalue weighted by Gasteiger charge is 2.33. The van der Waals surface area contributed by atoms with Gasteiger partial charge in [-0.1, -0.05) is 47.7 Å². The number of rotatable bonds is 5. The van der Waals surface area contributed by atoms with Gasteiger partial charge in [-0.25, -0.2) is 0 Å². The van der Waals surface area contributed by atoms with Crippen LogP contribution in [0.5, 0.6) is 0 Å². The van der Waals surface area contributed by atoms with Gasteiger partial charge in [-0.05, 0) is 29.7 Å². The molecular formula is C19H17BrO2S. The van der Waals surface area contributed by atoms with Gasteiger partial charge in [0.1, 0.15) is 0 Å². The Morgan fingerprint density at radius 2 is 2.17 bits per heavy atom. The van der Waals surface area contributed by atoms with Gasteiger partial charge in [0.05, 0.1) is 11.5 Å². The summed E-state index contributed by atoms with van der Waals surface area (Å²) >= 11 is 4.97. The second-order valence-corrected chi connectivity index (χ2v) is 7.41. The molecule has 3 rings (SSSR count). The van der Waals surface area contributed by atoms with Crippen LogP contribution in [0.15, 0.2) is 41.4 Å². The quantitative estimate of drug-likeness (QED) is 0.512. The Morgan fingerprint density at radius 3 is 2.87 bits per heavy atom. The van der Waals surface area contributed by atoms with Gasteiger partial charge < -0.3 is 4.74 Å². The molecule has 0 radical (unpaired) electrons. The molecule has 2 aromatic rings. The van der Waals surface area contributed by atoms with Gasteiger partial charge in [0.2, 0.25) is 5.78 Å². The summed E-state index contributed by atoms with van der Waals surface area (Å²) in [7, 11) is 1.67. The molecule has 0 spiro atoms. The van der Waals surface area contributed by atoms with Gasteiger partial charge in [0, 0.05) is 33.2 Å².